The van der Waals surface area contributed by atoms with Crippen LogP contribution in [0.4, 0.5) is 0 Å². The van der Waals surface area contributed by atoms with E-state index in [-0.39, 0.29) is 18.2 Å². The predicted octanol–water partition coefficient (Wildman–Crippen LogP) is 2.31. The number of rotatable bonds is 6. The number of nitrogens with one attached hydrogen (secondary N) is 1. The van der Waals surface area contributed by atoms with Crippen molar-refractivity contribution in [3.63, 3.8) is 0 Å². The van der Waals surface area contributed by atoms with Gasteiger partial charge in [-0.15, -0.1) is 0 Å². The van der Waals surface area contributed by atoms with Crippen molar-refractivity contribution >= 4 is 16.6 Å². The van der Waals surface area contributed by atoms with Crippen molar-refractivity contribution in [1.29, 1.82) is 0 Å². The first-order valence-corrected chi connectivity index (χ1v) is 6.93. The molecule has 0 saturated heterocycles. The minimum absolute atomic E-state index is 0.00988. The summed E-state index contributed by atoms with van der Waals surface area (Å²) >= 11 is 0. The molecule has 0 aliphatic heterocycles. The number of hydrogen-bond acceptors (Lipinski definition) is 3. The van der Waals surface area contributed by atoms with E-state index < -0.39 is 6.10 Å². The van der Waals surface area contributed by atoms with Gasteiger partial charge in [-0.2, -0.15) is 0 Å². The van der Waals surface area contributed by atoms with Crippen molar-refractivity contribution in [3.8, 4) is 0 Å². The molecule has 0 spiro atoms. The molecule has 0 amide bonds. The van der Waals surface area contributed by atoms with E-state index in [0.29, 0.717) is 6.42 Å². The quantitative estimate of drug-likeness (QED) is 0.847. The van der Waals surface area contributed by atoms with Gasteiger partial charge < -0.3 is 10.4 Å². The fraction of sp³-hybridized carbons (Fsp3) is 0.353. The van der Waals surface area contributed by atoms with Gasteiger partial charge in [-0.3, -0.25) is 4.79 Å². The van der Waals surface area contributed by atoms with E-state index in [9.17, 15) is 9.90 Å². The van der Waals surface area contributed by atoms with Crippen molar-refractivity contribution in [3.05, 3.63) is 48.0 Å². The number of carbonyl (C=O) groups is 1. The van der Waals surface area contributed by atoms with Crippen LogP contribution in [0.5, 0.6) is 0 Å². The van der Waals surface area contributed by atoms with Crippen LogP contribution >= 0.6 is 0 Å². The molecule has 2 aromatic carbocycles. The standard InChI is InChI=1S/C17H21NO2/c1-12(19)10-17(20)16(18-2)11-14-8-5-7-13-6-3-4-9-15(13)14/h3-9,16-18,20H,10-11H2,1-2H3/t16-,17?/m0/s1. The summed E-state index contributed by atoms with van der Waals surface area (Å²) in [7, 11) is 1.82. The van der Waals surface area contributed by atoms with Gasteiger partial charge in [0.2, 0.25) is 0 Å². The zero-order chi connectivity index (χ0) is 14.5. The molecule has 2 N–H and O–H groups in total. The van der Waals surface area contributed by atoms with Gasteiger partial charge in [0.15, 0.2) is 0 Å². The molecule has 0 fully saturated rings. The third kappa shape index (κ3) is 3.44. The minimum atomic E-state index is -0.656. The SMILES string of the molecule is CN[C@@H](Cc1cccc2ccccc12)C(O)CC(C)=O. The van der Waals surface area contributed by atoms with Crippen LogP contribution in [-0.2, 0) is 11.2 Å². The highest BCUT2D eigenvalue weighted by atomic mass is 16.3. The molecular formula is C17H21NO2. The number of Topliss-reactive ketones (excluding diaryl/α,β-unsaturated/α-hetero) is 1. The van der Waals surface area contributed by atoms with E-state index in [2.05, 4.69) is 29.6 Å². The lowest BCUT2D eigenvalue weighted by molar-refractivity contribution is -0.119. The lowest BCUT2D eigenvalue weighted by Crippen LogP contribution is -2.40. The molecule has 0 aromatic heterocycles. The summed E-state index contributed by atoms with van der Waals surface area (Å²) in [5, 5.41) is 15.6. The predicted molar refractivity (Wildman–Crippen MR) is 81.8 cm³/mol. The van der Waals surface area contributed by atoms with Gasteiger partial charge in [-0.25, -0.2) is 0 Å². The van der Waals surface area contributed by atoms with E-state index in [1.807, 2.05) is 25.2 Å². The van der Waals surface area contributed by atoms with Gasteiger partial charge in [0.05, 0.1) is 6.10 Å². The smallest absolute Gasteiger partial charge is 0.132 e. The summed E-state index contributed by atoms with van der Waals surface area (Å²) < 4.78 is 0. The number of likely N-dealkylation sites (N-methyl/N-ethyl adjacent to an activating group) is 1. The third-order valence-corrected chi connectivity index (χ3v) is 3.65. The molecule has 2 rings (SSSR count). The molecule has 3 heteroatoms. The lowest BCUT2D eigenvalue weighted by Gasteiger charge is -2.22. The number of fused-ring (bicyclic) bond motifs is 1. The maximum Gasteiger partial charge on any atom is 0.132 e. The fourth-order valence-corrected chi connectivity index (χ4v) is 2.57. The van der Waals surface area contributed by atoms with Crippen LogP contribution in [-0.4, -0.2) is 30.1 Å². The highest BCUT2D eigenvalue weighted by Crippen LogP contribution is 2.20. The second-order valence-corrected chi connectivity index (χ2v) is 5.21. The van der Waals surface area contributed by atoms with Crippen LogP contribution in [0.25, 0.3) is 10.8 Å². The molecule has 0 radical (unpaired) electrons. The Morgan fingerprint density at radius 1 is 1.20 bits per heavy atom. The van der Waals surface area contributed by atoms with E-state index in [4.69, 9.17) is 0 Å². The lowest BCUT2D eigenvalue weighted by atomic mass is 9.94. The van der Waals surface area contributed by atoms with E-state index >= 15 is 0 Å². The number of carbonyl (C=O) groups excluding carboxylic acids is 1. The molecule has 0 bridgehead atoms. The largest absolute Gasteiger partial charge is 0.391 e. The van der Waals surface area contributed by atoms with Gasteiger partial charge in [-0.1, -0.05) is 42.5 Å². The molecule has 20 heavy (non-hydrogen) atoms. The minimum Gasteiger partial charge on any atom is -0.391 e. The summed E-state index contributed by atoms with van der Waals surface area (Å²) in [6.07, 6.45) is 0.235. The van der Waals surface area contributed by atoms with E-state index in [1.54, 1.807) is 0 Å². The Kier molecular flexibility index (Phi) is 4.88. The Bertz CT molecular complexity index is 589. The van der Waals surface area contributed by atoms with Gasteiger partial charge in [0.25, 0.3) is 0 Å². The maximum absolute atomic E-state index is 11.2. The van der Waals surface area contributed by atoms with E-state index in [1.165, 1.54) is 23.3 Å². The normalized spacial score (nSPS) is 14.2. The average molecular weight is 271 g/mol. The van der Waals surface area contributed by atoms with Gasteiger partial charge in [-0.05, 0) is 36.7 Å². The molecule has 1 unspecified atom stereocenters. The van der Waals surface area contributed by atoms with Gasteiger partial charge >= 0.3 is 0 Å². The first-order chi connectivity index (χ1) is 9.61. The Morgan fingerprint density at radius 2 is 1.90 bits per heavy atom. The molecular weight excluding hydrogens is 250 g/mol. The number of aliphatic hydroxyl groups is 1. The number of aliphatic hydroxyl groups excluding tert-OH is 1. The maximum atomic E-state index is 11.2. The van der Waals surface area contributed by atoms with Crippen LogP contribution in [0.15, 0.2) is 42.5 Å². The molecule has 2 aromatic rings. The Labute approximate surface area is 119 Å². The molecule has 0 heterocycles. The van der Waals surface area contributed by atoms with Crippen LogP contribution in [0, 0.1) is 0 Å². The Morgan fingerprint density at radius 3 is 2.60 bits per heavy atom. The number of benzene rings is 2. The van der Waals surface area contributed by atoms with Crippen molar-refractivity contribution < 1.29 is 9.90 Å². The molecule has 2 atom stereocenters. The summed E-state index contributed by atoms with van der Waals surface area (Å²) in [6, 6.07) is 14.3. The highest BCUT2D eigenvalue weighted by molar-refractivity contribution is 5.85. The summed E-state index contributed by atoms with van der Waals surface area (Å²) in [5.74, 6) is 0.00988. The van der Waals surface area contributed by atoms with Crippen LogP contribution in [0.2, 0.25) is 0 Å². The first kappa shape index (κ1) is 14.7. The monoisotopic (exact) mass is 271 g/mol. The molecule has 3 nitrogen and oxygen atoms in total. The Balaban J connectivity index is 2.23. The highest BCUT2D eigenvalue weighted by Gasteiger charge is 2.20. The van der Waals surface area contributed by atoms with Crippen LogP contribution < -0.4 is 5.32 Å². The zero-order valence-electron chi connectivity index (χ0n) is 12.0. The van der Waals surface area contributed by atoms with Gasteiger partial charge in [0, 0.05) is 12.5 Å². The average Bonchev–Trinajstić information content (AvgIpc) is 2.44. The van der Waals surface area contributed by atoms with Crippen LogP contribution in [0.3, 0.4) is 0 Å². The van der Waals surface area contributed by atoms with Crippen molar-refractivity contribution in [2.24, 2.45) is 0 Å². The van der Waals surface area contributed by atoms with Crippen LogP contribution in [0.1, 0.15) is 18.9 Å². The molecule has 0 aliphatic rings. The molecule has 0 saturated carbocycles. The van der Waals surface area contributed by atoms with Crippen molar-refractivity contribution in [2.45, 2.75) is 31.9 Å². The molecule has 0 aliphatic carbocycles. The van der Waals surface area contributed by atoms with Crippen molar-refractivity contribution in [1.82, 2.24) is 5.32 Å². The summed E-state index contributed by atoms with van der Waals surface area (Å²) in [6.45, 7) is 1.51. The topological polar surface area (TPSA) is 49.3 Å². The number of ketones is 1. The van der Waals surface area contributed by atoms with E-state index in [0.717, 1.165) is 0 Å². The zero-order valence-corrected chi connectivity index (χ0v) is 12.0. The number of hydrogen-bond donors (Lipinski definition) is 2. The first-order valence-electron chi connectivity index (χ1n) is 6.93. The summed E-state index contributed by atoms with van der Waals surface area (Å²) in [5.41, 5.74) is 1.19. The molecule has 106 valence electrons. The van der Waals surface area contributed by atoms with Crippen molar-refractivity contribution in [2.75, 3.05) is 7.05 Å². The Hall–Kier alpha value is -1.71. The third-order valence-electron chi connectivity index (χ3n) is 3.65. The second kappa shape index (κ2) is 6.64. The second-order valence-electron chi connectivity index (χ2n) is 5.21. The van der Waals surface area contributed by atoms with Gasteiger partial charge in [0.1, 0.15) is 5.78 Å². The fourth-order valence-electron chi connectivity index (χ4n) is 2.57. The summed E-state index contributed by atoms with van der Waals surface area (Å²) in [4.78, 5) is 11.2.